The number of carbonyl (C=O) groups excluding carboxylic acids is 1. The van der Waals surface area contributed by atoms with Crippen molar-refractivity contribution >= 4 is 35.8 Å². The Morgan fingerprint density at radius 1 is 1.19 bits per heavy atom. The summed E-state index contributed by atoms with van der Waals surface area (Å²) in [6.45, 7) is 5.26. The standard InChI is InChI=1S/C18H25N5O2.HI/c1-12(2)16-9-15(25-23-16)11-22-18(20-4)21-10-13-5-7-14(8-6-13)17(24)19-3;/h5-9,12H,10-11H2,1-4H3,(H,19,24)(H2,20,21,22);1H. The normalized spacial score (nSPS) is 11.0. The molecule has 0 radical (unpaired) electrons. The molecule has 0 atom stereocenters. The van der Waals surface area contributed by atoms with Crippen molar-refractivity contribution in [3.63, 3.8) is 0 Å². The molecule has 26 heavy (non-hydrogen) atoms. The minimum atomic E-state index is -0.0928. The SMILES string of the molecule is CN=C(NCc1ccc(C(=O)NC)cc1)NCc1cc(C(C)C)no1.I. The van der Waals surface area contributed by atoms with Crippen molar-refractivity contribution in [2.24, 2.45) is 4.99 Å². The first-order valence-electron chi connectivity index (χ1n) is 8.24. The van der Waals surface area contributed by atoms with E-state index >= 15 is 0 Å². The van der Waals surface area contributed by atoms with Gasteiger partial charge in [-0.1, -0.05) is 31.1 Å². The highest BCUT2D eigenvalue weighted by Crippen LogP contribution is 2.13. The molecular weight excluding hydrogens is 445 g/mol. The molecule has 0 fully saturated rings. The Morgan fingerprint density at radius 3 is 2.38 bits per heavy atom. The fourth-order valence-electron chi connectivity index (χ4n) is 2.18. The van der Waals surface area contributed by atoms with Gasteiger partial charge in [0.05, 0.1) is 12.2 Å². The van der Waals surface area contributed by atoms with Gasteiger partial charge in [-0.2, -0.15) is 0 Å². The van der Waals surface area contributed by atoms with E-state index in [0.717, 1.165) is 17.0 Å². The number of hydrogen-bond acceptors (Lipinski definition) is 4. The number of nitrogens with one attached hydrogen (secondary N) is 3. The van der Waals surface area contributed by atoms with Crippen LogP contribution < -0.4 is 16.0 Å². The van der Waals surface area contributed by atoms with Crippen LogP contribution in [0.25, 0.3) is 0 Å². The van der Waals surface area contributed by atoms with Gasteiger partial charge in [-0.05, 0) is 23.6 Å². The Balaban J connectivity index is 0.00000338. The van der Waals surface area contributed by atoms with Crippen LogP contribution >= 0.6 is 24.0 Å². The van der Waals surface area contributed by atoms with Crippen LogP contribution in [0.3, 0.4) is 0 Å². The molecule has 1 heterocycles. The lowest BCUT2D eigenvalue weighted by atomic mass is 10.1. The van der Waals surface area contributed by atoms with E-state index in [4.69, 9.17) is 4.52 Å². The predicted octanol–water partition coefficient (Wildman–Crippen LogP) is 2.64. The first kappa shape index (κ1) is 21.9. The molecule has 1 aromatic carbocycles. The molecule has 0 aliphatic rings. The van der Waals surface area contributed by atoms with Gasteiger partial charge in [0.1, 0.15) is 0 Å². The molecule has 142 valence electrons. The monoisotopic (exact) mass is 471 g/mol. The fraction of sp³-hybridized carbons (Fsp3) is 0.389. The van der Waals surface area contributed by atoms with E-state index in [2.05, 4.69) is 39.9 Å². The summed E-state index contributed by atoms with van der Waals surface area (Å²) in [6, 6.07) is 9.37. The van der Waals surface area contributed by atoms with Crippen molar-refractivity contribution in [3.05, 3.63) is 52.9 Å². The second-order valence-electron chi connectivity index (χ2n) is 5.93. The number of nitrogens with zero attached hydrogens (tertiary/aromatic N) is 2. The highest BCUT2D eigenvalue weighted by Gasteiger charge is 2.08. The lowest BCUT2D eigenvalue weighted by molar-refractivity contribution is 0.0963. The topological polar surface area (TPSA) is 91.5 Å². The molecule has 2 rings (SSSR count). The van der Waals surface area contributed by atoms with Gasteiger partial charge in [0.2, 0.25) is 0 Å². The quantitative estimate of drug-likeness (QED) is 0.343. The van der Waals surface area contributed by atoms with Gasteiger partial charge < -0.3 is 20.5 Å². The predicted molar refractivity (Wildman–Crippen MR) is 113 cm³/mol. The Morgan fingerprint density at radius 2 is 1.85 bits per heavy atom. The van der Waals surface area contributed by atoms with Crippen molar-refractivity contribution in [2.75, 3.05) is 14.1 Å². The summed E-state index contributed by atoms with van der Waals surface area (Å²) in [6.07, 6.45) is 0. The number of halogens is 1. The third-order valence-electron chi connectivity index (χ3n) is 3.73. The largest absolute Gasteiger partial charge is 0.359 e. The maximum atomic E-state index is 11.5. The summed E-state index contributed by atoms with van der Waals surface area (Å²) < 4.78 is 5.30. The molecule has 0 saturated heterocycles. The minimum absolute atomic E-state index is 0. The maximum absolute atomic E-state index is 11.5. The molecule has 0 aliphatic heterocycles. The zero-order valence-electron chi connectivity index (χ0n) is 15.5. The molecule has 0 aliphatic carbocycles. The summed E-state index contributed by atoms with van der Waals surface area (Å²) in [4.78, 5) is 15.7. The summed E-state index contributed by atoms with van der Waals surface area (Å²) in [5.41, 5.74) is 2.63. The van der Waals surface area contributed by atoms with Crippen LogP contribution in [0.2, 0.25) is 0 Å². The van der Waals surface area contributed by atoms with E-state index in [1.807, 2.05) is 18.2 Å². The molecule has 0 bridgehead atoms. The molecule has 8 heteroatoms. The average molecular weight is 471 g/mol. The second-order valence-corrected chi connectivity index (χ2v) is 5.93. The van der Waals surface area contributed by atoms with Crippen LogP contribution in [0.15, 0.2) is 39.8 Å². The number of guanidine groups is 1. The summed E-state index contributed by atoms with van der Waals surface area (Å²) in [5, 5.41) is 13.1. The van der Waals surface area contributed by atoms with Crippen LogP contribution in [0.4, 0.5) is 0 Å². The van der Waals surface area contributed by atoms with E-state index in [0.29, 0.717) is 30.5 Å². The van der Waals surface area contributed by atoms with Crippen LogP contribution in [0, 0.1) is 0 Å². The Bertz CT molecular complexity index is 725. The molecule has 2 aromatic rings. The number of benzene rings is 1. The van der Waals surface area contributed by atoms with Gasteiger partial charge in [-0.15, -0.1) is 24.0 Å². The second kappa shape index (κ2) is 10.8. The number of hydrogen-bond donors (Lipinski definition) is 3. The van der Waals surface area contributed by atoms with Crippen LogP contribution in [0.1, 0.15) is 47.1 Å². The minimum Gasteiger partial charge on any atom is -0.359 e. The van der Waals surface area contributed by atoms with Crippen molar-refractivity contribution in [1.29, 1.82) is 0 Å². The van der Waals surface area contributed by atoms with Crippen LogP contribution in [-0.4, -0.2) is 31.1 Å². The number of aromatic nitrogens is 1. The zero-order valence-corrected chi connectivity index (χ0v) is 17.8. The van der Waals surface area contributed by atoms with Crippen molar-refractivity contribution in [3.8, 4) is 0 Å². The Labute approximate surface area is 171 Å². The third kappa shape index (κ3) is 6.32. The van der Waals surface area contributed by atoms with Gasteiger partial charge in [0.15, 0.2) is 11.7 Å². The molecule has 0 spiro atoms. The first-order chi connectivity index (χ1) is 12.0. The van der Waals surface area contributed by atoms with E-state index in [1.54, 1.807) is 26.2 Å². The number of carbonyl (C=O) groups is 1. The van der Waals surface area contributed by atoms with Crippen molar-refractivity contribution in [2.45, 2.75) is 32.9 Å². The molecule has 1 aromatic heterocycles. The molecule has 0 unspecified atom stereocenters. The smallest absolute Gasteiger partial charge is 0.251 e. The van der Waals surface area contributed by atoms with Crippen molar-refractivity contribution in [1.82, 2.24) is 21.1 Å². The molecule has 3 N–H and O–H groups in total. The van der Waals surface area contributed by atoms with Crippen molar-refractivity contribution < 1.29 is 9.32 Å². The van der Waals surface area contributed by atoms with Gasteiger partial charge in [-0.25, -0.2) is 0 Å². The van der Waals surface area contributed by atoms with Crippen LogP contribution in [0.5, 0.6) is 0 Å². The summed E-state index contributed by atoms with van der Waals surface area (Å²) in [7, 11) is 3.33. The van der Waals surface area contributed by atoms with E-state index < -0.39 is 0 Å². The Hall–Kier alpha value is -2.10. The number of aliphatic imine (C=N–C) groups is 1. The highest BCUT2D eigenvalue weighted by molar-refractivity contribution is 14.0. The molecule has 0 saturated carbocycles. The highest BCUT2D eigenvalue weighted by atomic mass is 127. The van der Waals surface area contributed by atoms with E-state index in [-0.39, 0.29) is 29.9 Å². The summed E-state index contributed by atoms with van der Waals surface area (Å²) in [5.74, 6) is 1.68. The number of amides is 1. The lowest BCUT2D eigenvalue weighted by Crippen LogP contribution is -2.36. The Kier molecular flexibility index (Phi) is 9.11. The van der Waals surface area contributed by atoms with E-state index in [9.17, 15) is 4.79 Å². The summed E-state index contributed by atoms with van der Waals surface area (Å²) >= 11 is 0. The zero-order chi connectivity index (χ0) is 18.2. The van der Waals surface area contributed by atoms with Gasteiger partial charge in [0.25, 0.3) is 5.91 Å². The van der Waals surface area contributed by atoms with E-state index in [1.165, 1.54) is 0 Å². The molecule has 7 nitrogen and oxygen atoms in total. The van der Waals surface area contributed by atoms with Crippen LogP contribution in [-0.2, 0) is 13.1 Å². The molecule has 1 amide bonds. The third-order valence-corrected chi connectivity index (χ3v) is 3.73. The first-order valence-corrected chi connectivity index (χ1v) is 8.24. The van der Waals surface area contributed by atoms with Gasteiger partial charge in [0, 0.05) is 32.3 Å². The number of rotatable bonds is 6. The lowest BCUT2D eigenvalue weighted by Gasteiger charge is -2.11. The van der Waals surface area contributed by atoms with Gasteiger partial charge in [-0.3, -0.25) is 9.79 Å². The average Bonchev–Trinajstić information content (AvgIpc) is 3.11. The molecular formula is C18H26IN5O2. The fourth-order valence-corrected chi connectivity index (χ4v) is 2.18. The van der Waals surface area contributed by atoms with Gasteiger partial charge >= 0.3 is 0 Å². The maximum Gasteiger partial charge on any atom is 0.251 e.